The first-order chi connectivity index (χ1) is 7.25. The third kappa shape index (κ3) is 2.34. The molecule has 1 aromatic heterocycles. The third-order valence-corrected chi connectivity index (χ3v) is 2.38. The molecule has 0 atom stereocenters. The summed E-state index contributed by atoms with van der Waals surface area (Å²) in [6, 6.07) is 12.2. The van der Waals surface area contributed by atoms with Crippen molar-refractivity contribution in [2.75, 3.05) is 5.73 Å². The number of aromatic nitrogens is 1. The van der Waals surface area contributed by atoms with Crippen molar-refractivity contribution in [1.82, 2.24) is 4.98 Å². The summed E-state index contributed by atoms with van der Waals surface area (Å²) < 4.78 is 0. The predicted molar refractivity (Wildman–Crippen MR) is 62.6 cm³/mol. The standard InChI is InChI=1S/C13H14N2/c1-10-4-2-5-11(8-10)9-13-12(14)6-3-7-15-13/h2-8H,9,14H2,1H3. The molecule has 1 aromatic carbocycles. The molecular formula is C13H14N2. The lowest BCUT2D eigenvalue weighted by Gasteiger charge is -2.04. The van der Waals surface area contributed by atoms with Gasteiger partial charge in [-0.15, -0.1) is 0 Å². The minimum Gasteiger partial charge on any atom is -0.397 e. The first-order valence-electron chi connectivity index (χ1n) is 5.00. The predicted octanol–water partition coefficient (Wildman–Crippen LogP) is 2.56. The highest BCUT2D eigenvalue weighted by Gasteiger charge is 2.01. The average Bonchev–Trinajstić information content (AvgIpc) is 2.22. The maximum atomic E-state index is 5.84. The Morgan fingerprint density at radius 1 is 1.20 bits per heavy atom. The molecule has 0 aliphatic rings. The van der Waals surface area contributed by atoms with Crippen LogP contribution in [0.15, 0.2) is 42.6 Å². The van der Waals surface area contributed by atoms with Crippen LogP contribution in [-0.2, 0) is 6.42 Å². The molecule has 0 fully saturated rings. The lowest BCUT2D eigenvalue weighted by atomic mass is 10.1. The highest BCUT2D eigenvalue weighted by atomic mass is 14.7. The van der Waals surface area contributed by atoms with Crippen LogP contribution in [0.2, 0.25) is 0 Å². The summed E-state index contributed by atoms with van der Waals surface area (Å²) in [5.74, 6) is 0. The topological polar surface area (TPSA) is 38.9 Å². The number of nitrogen functional groups attached to an aromatic ring is 1. The molecular weight excluding hydrogens is 184 g/mol. The summed E-state index contributed by atoms with van der Waals surface area (Å²) in [7, 11) is 0. The van der Waals surface area contributed by atoms with Gasteiger partial charge in [0.1, 0.15) is 0 Å². The van der Waals surface area contributed by atoms with Gasteiger partial charge in [0.05, 0.1) is 11.4 Å². The molecule has 0 unspecified atom stereocenters. The lowest BCUT2D eigenvalue weighted by molar-refractivity contribution is 1.08. The minimum atomic E-state index is 0.763. The van der Waals surface area contributed by atoms with E-state index in [1.54, 1.807) is 6.20 Å². The second kappa shape index (κ2) is 4.13. The van der Waals surface area contributed by atoms with E-state index in [4.69, 9.17) is 5.73 Å². The van der Waals surface area contributed by atoms with Gasteiger partial charge in [0.15, 0.2) is 0 Å². The summed E-state index contributed by atoms with van der Waals surface area (Å²) >= 11 is 0. The van der Waals surface area contributed by atoms with Crippen LogP contribution in [0.3, 0.4) is 0 Å². The van der Waals surface area contributed by atoms with Crippen molar-refractivity contribution >= 4 is 5.69 Å². The highest BCUT2D eigenvalue weighted by Crippen LogP contribution is 2.14. The Kier molecular flexibility index (Phi) is 2.68. The summed E-state index contributed by atoms with van der Waals surface area (Å²) in [6.45, 7) is 2.09. The van der Waals surface area contributed by atoms with Gasteiger partial charge in [-0.3, -0.25) is 4.98 Å². The van der Waals surface area contributed by atoms with Gasteiger partial charge >= 0.3 is 0 Å². The van der Waals surface area contributed by atoms with E-state index >= 15 is 0 Å². The molecule has 2 N–H and O–H groups in total. The van der Waals surface area contributed by atoms with Crippen molar-refractivity contribution in [1.29, 1.82) is 0 Å². The number of rotatable bonds is 2. The van der Waals surface area contributed by atoms with Crippen molar-refractivity contribution in [3.05, 3.63) is 59.4 Å². The van der Waals surface area contributed by atoms with Crippen molar-refractivity contribution in [2.24, 2.45) is 0 Å². The SMILES string of the molecule is Cc1cccc(Cc2ncccc2N)c1. The van der Waals surface area contributed by atoms with E-state index < -0.39 is 0 Å². The van der Waals surface area contributed by atoms with Crippen LogP contribution in [0, 0.1) is 6.92 Å². The molecule has 2 heteroatoms. The van der Waals surface area contributed by atoms with Gasteiger partial charge < -0.3 is 5.73 Å². The molecule has 0 spiro atoms. The molecule has 0 radical (unpaired) electrons. The maximum absolute atomic E-state index is 5.84. The minimum absolute atomic E-state index is 0.763. The van der Waals surface area contributed by atoms with Gasteiger partial charge in [-0.1, -0.05) is 29.8 Å². The van der Waals surface area contributed by atoms with Gasteiger partial charge in [0, 0.05) is 12.6 Å². The number of nitrogens with two attached hydrogens (primary N) is 1. The molecule has 2 aromatic rings. The number of pyridine rings is 1. The number of hydrogen-bond donors (Lipinski definition) is 1. The van der Waals surface area contributed by atoms with Crippen LogP contribution >= 0.6 is 0 Å². The van der Waals surface area contributed by atoms with Gasteiger partial charge in [0.25, 0.3) is 0 Å². The molecule has 0 amide bonds. The molecule has 76 valence electrons. The smallest absolute Gasteiger partial charge is 0.0676 e. The molecule has 1 heterocycles. The third-order valence-electron chi connectivity index (χ3n) is 2.38. The van der Waals surface area contributed by atoms with E-state index in [9.17, 15) is 0 Å². The van der Waals surface area contributed by atoms with Gasteiger partial charge in [-0.25, -0.2) is 0 Å². The van der Waals surface area contributed by atoms with Crippen molar-refractivity contribution in [2.45, 2.75) is 13.3 Å². The summed E-state index contributed by atoms with van der Waals surface area (Å²) in [6.07, 6.45) is 2.58. The summed E-state index contributed by atoms with van der Waals surface area (Å²) in [5, 5.41) is 0. The van der Waals surface area contributed by atoms with Gasteiger partial charge in [0.2, 0.25) is 0 Å². The van der Waals surface area contributed by atoms with Crippen LogP contribution in [0.5, 0.6) is 0 Å². The van der Waals surface area contributed by atoms with Crippen molar-refractivity contribution in [3.8, 4) is 0 Å². The number of aryl methyl sites for hydroxylation is 1. The fourth-order valence-corrected chi connectivity index (χ4v) is 1.61. The molecule has 15 heavy (non-hydrogen) atoms. The number of nitrogens with zero attached hydrogens (tertiary/aromatic N) is 1. The zero-order valence-corrected chi connectivity index (χ0v) is 8.77. The van der Waals surface area contributed by atoms with Crippen molar-refractivity contribution < 1.29 is 0 Å². The summed E-state index contributed by atoms with van der Waals surface area (Å²) in [5.41, 5.74) is 10.1. The first kappa shape index (κ1) is 9.71. The zero-order chi connectivity index (χ0) is 10.7. The van der Waals surface area contributed by atoms with Gasteiger partial charge in [-0.05, 0) is 24.6 Å². The van der Waals surface area contributed by atoms with E-state index in [-0.39, 0.29) is 0 Å². The second-order valence-corrected chi connectivity index (χ2v) is 3.71. The van der Waals surface area contributed by atoms with Crippen LogP contribution < -0.4 is 5.73 Å². The molecule has 0 aliphatic heterocycles. The number of hydrogen-bond acceptors (Lipinski definition) is 2. The Morgan fingerprint density at radius 3 is 2.80 bits per heavy atom. The molecule has 0 saturated carbocycles. The molecule has 0 aliphatic carbocycles. The van der Waals surface area contributed by atoms with E-state index in [1.807, 2.05) is 12.1 Å². The quantitative estimate of drug-likeness (QED) is 0.805. The maximum Gasteiger partial charge on any atom is 0.0676 e. The monoisotopic (exact) mass is 198 g/mol. The number of benzene rings is 1. The van der Waals surface area contributed by atoms with E-state index in [2.05, 4.69) is 36.2 Å². The second-order valence-electron chi connectivity index (χ2n) is 3.71. The fourth-order valence-electron chi connectivity index (χ4n) is 1.61. The Hall–Kier alpha value is -1.83. The fraction of sp³-hybridized carbons (Fsp3) is 0.154. The molecule has 2 rings (SSSR count). The highest BCUT2D eigenvalue weighted by molar-refractivity contribution is 5.44. The van der Waals surface area contributed by atoms with Crippen LogP contribution in [0.1, 0.15) is 16.8 Å². The Labute approximate surface area is 89.8 Å². The van der Waals surface area contributed by atoms with Crippen LogP contribution in [0.4, 0.5) is 5.69 Å². The molecule has 2 nitrogen and oxygen atoms in total. The van der Waals surface area contributed by atoms with Crippen molar-refractivity contribution in [3.63, 3.8) is 0 Å². The summed E-state index contributed by atoms with van der Waals surface area (Å²) in [4.78, 5) is 4.28. The molecule has 0 saturated heterocycles. The van der Waals surface area contributed by atoms with E-state index in [0.717, 1.165) is 17.8 Å². The first-order valence-corrected chi connectivity index (χ1v) is 5.00. The average molecular weight is 198 g/mol. The van der Waals surface area contributed by atoms with Crippen LogP contribution in [-0.4, -0.2) is 4.98 Å². The van der Waals surface area contributed by atoms with E-state index in [1.165, 1.54) is 11.1 Å². The van der Waals surface area contributed by atoms with E-state index in [0.29, 0.717) is 0 Å². The largest absolute Gasteiger partial charge is 0.397 e. The Balaban J connectivity index is 2.26. The van der Waals surface area contributed by atoms with Gasteiger partial charge in [-0.2, -0.15) is 0 Å². The van der Waals surface area contributed by atoms with Crippen LogP contribution in [0.25, 0.3) is 0 Å². The zero-order valence-electron chi connectivity index (χ0n) is 8.77. The molecule has 0 bridgehead atoms. The Bertz CT molecular complexity index is 464. The normalized spacial score (nSPS) is 10.2. The number of anilines is 1. The Morgan fingerprint density at radius 2 is 2.07 bits per heavy atom. The lowest BCUT2D eigenvalue weighted by Crippen LogP contribution is -1.98.